The van der Waals surface area contributed by atoms with E-state index in [9.17, 15) is 14.4 Å². The van der Waals surface area contributed by atoms with Gasteiger partial charge in [-0.25, -0.2) is 9.48 Å². The normalized spacial score (nSPS) is 11.2. The number of fused-ring (bicyclic) bond motifs is 2. The van der Waals surface area contributed by atoms with Crippen molar-refractivity contribution in [3.63, 3.8) is 0 Å². The van der Waals surface area contributed by atoms with Gasteiger partial charge in [0.2, 0.25) is 5.91 Å². The molecule has 0 saturated heterocycles. The van der Waals surface area contributed by atoms with E-state index in [2.05, 4.69) is 10.4 Å². The molecule has 0 radical (unpaired) electrons. The zero-order valence-electron chi connectivity index (χ0n) is 16.1. The van der Waals surface area contributed by atoms with Crippen LogP contribution in [0.25, 0.3) is 21.9 Å². The molecule has 1 N–H and O–H groups in total. The van der Waals surface area contributed by atoms with Crippen molar-refractivity contribution in [2.24, 2.45) is 0 Å². The lowest BCUT2D eigenvalue weighted by Crippen LogP contribution is -2.35. The first-order valence-electron chi connectivity index (χ1n) is 9.51. The van der Waals surface area contributed by atoms with Gasteiger partial charge in [0, 0.05) is 11.9 Å². The van der Waals surface area contributed by atoms with Crippen molar-refractivity contribution in [2.75, 3.05) is 19.8 Å². The number of carbonyl (C=O) groups excluding carboxylic acids is 1. The molecule has 4 rings (SSSR count). The fourth-order valence-electron chi connectivity index (χ4n) is 3.18. The van der Waals surface area contributed by atoms with Crippen LogP contribution in [0.2, 0.25) is 0 Å². The van der Waals surface area contributed by atoms with Gasteiger partial charge in [-0.2, -0.15) is 5.10 Å². The summed E-state index contributed by atoms with van der Waals surface area (Å²) < 4.78 is 13.3. The highest BCUT2D eigenvalue weighted by atomic mass is 16.5. The number of hydrogen-bond acceptors (Lipinski definition) is 6. The summed E-state index contributed by atoms with van der Waals surface area (Å²) in [4.78, 5) is 36.3. The van der Waals surface area contributed by atoms with Gasteiger partial charge in [-0.3, -0.25) is 14.2 Å². The molecule has 154 valence electrons. The Morgan fingerprint density at radius 2 is 1.87 bits per heavy atom. The number of nitrogens with zero attached hydrogens (tertiary/aromatic N) is 3. The molecular weight excluding hydrogens is 388 g/mol. The third-order valence-corrected chi connectivity index (χ3v) is 4.66. The second-order valence-electron chi connectivity index (χ2n) is 6.64. The SMILES string of the molecule is O=C(Cn1ncc2ccccc2c1=O)NCCOCCn1c(=O)oc2ccccc21. The van der Waals surface area contributed by atoms with Gasteiger partial charge in [0.25, 0.3) is 5.56 Å². The Balaban J connectivity index is 1.23. The first kappa shape index (κ1) is 19.6. The minimum absolute atomic E-state index is 0.167. The molecule has 0 aliphatic carbocycles. The van der Waals surface area contributed by atoms with E-state index in [-0.39, 0.29) is 31.2 Å². The number of aromatic nitrogens is 3. The lowest BCUT2D eigenvalue weighted by atomic mass is 10.2. The number of rotatable bonds is 8. The lowest BCUT2D eigenvalue weighted by molar-refractivity contribution is -0.122. The lowest BCUT2D eigenvalue weighted by Gasteiger charge is -2.08. The molecule has 0 bridgehead atoms. The third-order valence-electron chi connectivity index (χ3n) is 4.66. The van der Waals surface area contributed by atoms with E-state index in [1.165, 1.54) is 4.57 Å². The van der Waals surface area contributed by atoms with E-state index in [1.807, 2.05) is 18.2 Å². The van der Waals surface area contributed by atoms with Crippen LogP contribution in [0.4, 0.5) is 0 Å². The number of nitrogens with one attached hydrogen (secondary N) is 1. The van der Waals surface area contributed by atoms with Crippen LogP contribution in [0.15, 0.2) is 68.7 Å². The predicted octanol–water partition coefficient (Wildman–Crippen LogP) is 1.14. The van der Waals surface area contributed by atoms with Gasteiger partial charge in [0.05, 0.1) is 36.9 Å². The average molecular weight is 408 g/mol. The first-order valence-corrected chi connectivity index (χ1v) is 9.51. The molecule has 0 aliphatic heterocycles. The monoisotopic (exact) mass is 408 g/mol. The summed E-state index contributed by atoms with van der Waals surface area (Å²) >= 11 is 0. The number of para-hydroxylation sites is 2. The summed E-state index contributed by atoms with van der Waals surface area (Å²) in [6.45, 7) is 1.03. The Morgan fingerprint density at radius 1 is 1.07 bits per heavy atom. The molecule has 2 aromatic heterocycles. The number of hydrogen-bond donors (Lipinski definition) is 1. The molecular formula is C21H20N4O5. The molecule has 9 nitrogen and oxygen atoms in total. The first-order chi connectivity index (χ1) is 14.6. The molecule has 0 spiro atoms. The standard InChI is InChI=1S/C21H20N4O5/c26-19(14-25-20(27)16-6-2-1-5-15(16)13-23-25)22-9-11-29-12-10-24-17-7-3-4-8-18(17)30-21(24)28/h1-8,13H,9-12,14H2,(H,22,26). The van der Waals surface area contributed by atoms with Gasteiger partial charge in [0.15, 0.2) is 5.58 Å². The largest absolute Gasteiger partial charge is 0.420 e. The molecule has 2 heterocycles. The Bertz CT molecular complexity index is 1300. The van der Waals surface area contributed by atoms with Crippen LogP contribution in [0, 0.1) is 0 Å². The average Bonchev–Trinajstić information content (AvgIpc) is 3.08. The smallest absolute Gasteiger partial charge is 0.408 e. The summed E-state index contributed by atoms with van der Waals surface area (Å²) in [7, 11) is 0. The van der Waals surface area contributed by atoms with Crippen LogP contribution in [-0.2, 0) is 22.6 Å². The third kappa shape index (κ3) is 4.15. The minimum atomic E-state index is -0.429. The molecule has 0 aliphatic rings. The highest BCUT2D eigenvalue weighted by Gasteiger charge is 2.09. The summed E-state index contributed by atoms with van der Waals surface area (Å²) in [5.74, 6) is -0.762. The van der Waals surface area contributed by atoms with E-state index in [1.54, 1.807) is 36.5 Å². The van der Waals surface area contributed by atoms with E-state index >= 15 is 0 Å². The van der Waals surface area contributed by atoms with E-state index in [0.717, 1.165) is 10.1 Å². The second kappa shape index (κ2) is 8.75. The number of oxazole rings is 1. The number of amides is 1. The molecule has 4 aromatic rings. The van der Waals surface area contributed by atoms with Crippen LogP contribution in [0.1, 0.15) is 0 Å². The summed E-state index contributed by atoms with van der Waals surface area (Å²) in [6.07, 6.45) is 1.56. The summed E-state index contributed by atoms with van der Waals surface area (Å²) in [6, 6.07) is 14.3. The molecule has 1 amide bonds. The Labute approximate surface area is 170 Å². The quantitative estimate of drug-likeness (QED) is 0.438. The summed E-state index contributed by atoms with van der Waals surface area (Å²) in [5, 5.41) is 7.98. The van der Waals surface area contributed by atoms with Crippen molar-refractivity contribution in [2.45, 2.75) is 13.1 Å². The van der Waals surface area contributed by atoms with Crippen LogP contribution in [0.3, 0.4) is 0 Å². The zero-order valence-corrected chi connectivity index (χ0v) is 16.1. The fourth-order valence-corrected chi connectivity index (χ4v) is 3.18. The van der Waals surface area contributed by atoms with Gasteiger partial charge >= 0.3 is 5.76 Å². The van der Waals surface area contributed by atoms with Gasteiger partial charge in [-0.1, -0.05) is 30.3 Å². The predicted molar refractivity (Wildman–Crippen MR) is 110 cm³/mol. The Kier molecular flexibility index (Phi) is 5.71. The van der Waals surface area contributed by atoms with Crippen molar-refractivity contribution in [1.82, 2.24) is 19.7 Å². The van der Waals surface area contributed by atoms with E-state index in [0.29, 0.717) is 29.6 Å². The van der Waals surface area contributed by atoms with E-state index in [4.69, 9.17) is 9.15 Å². The van der Waals surface area contributed by atoms with Crippen molar-refractivity contribution in [3.8, 4) is 0 Å². The molecule has 0 unspecified atom stereocenters. The van der Waals surface area contributed by atoms with Gasteiger partial charge in [0.1, 0.15) is 6.54 Å². The fraction of sp³-hybridized carbons (Fsp3) is 0.238. The van der Waals surface area contributed by atoms with Crippen molar-refractivity contribution < 1.29 is 13.9 Å². The highest BCUT2D eigenvalue weighted by molar-refractivity contribution is 5.81. The molecule has 2 aromatic carbocycles. The van der Waals surface area contributed by atoms with Gasteiger partial charge in [-0.15, -0.1) is 0 Å². The van der Waals surface area contributed by atoms with Gasteiger partial charge < -0.3 is 14.5 Å². The van der Waals surface area contributed by atoms with Crippen molar-refractivity contribution in [1.29, 1.82) is 0 Å². The maximum absolute atomic E-state index is 12.4. The van der Waals surface area contributed by atoms with Crippen LogP contribution >= 0.6 is 0 Å². The topological polar surface area (TPSA) is 108 Å². The minimum Gasteiger partial charge on any atom is -0.408 e. The number of carbonyl (C=O) groups is 1. The molecule has 0 fully saturated rings. The Hall–Kier alpha value is -3.72. The van der Waals surface area contributed by atoms with Gasteiger partial charge in [-0.05, 0) is 18.2 Å². The number of ether oxygens (including phenoxy) is 1. The maximum atomic E-state index is 12.4. The summed E-state index contributed by atoms with van der Waals surface area (Å²) in [5.41, 5.74) is 0.942. The zero-order chi connectivity index (χ0) is 20.9. The van der Waals surface area contributed by atoms with E-state index < -0.39 is 5.76 Å². The Morgan fingerprint density at radius 3 is 2.77 bits per heavy atom. The second-order valence-corrected chi connectivity index (χ2v) is 6.64. The molecule has 30 heavy (non-hydrogen) atoms. The number of benzene rings is 2. The van der Waals surface area contributed by atoms with Crippen LogP contribution in [-0.4, -0.2) is 40.0 Å². The maximum Gasteiger partial charge on any atom is 0.420 e. The molecule has 0 atom stereocenters. The molecule has 0 saturated carbocycles. The van der Waals surface area contributed by atoms with Crippen LogP contribution < -0.4 is 16.6 Å². The van der Waals surface area contributed by atoms with Crippen molar-refractivity contribution >= 4 is 27.8 Å². The highest BCUT2D eigenvalue weighted by Crippen LogP contribution is 2.11. The van der Waals surface area contributed by atoms with Crippen LogP contribution in [0.5, 0.6) is 0 Å². The molecule has 9 heteroatoms. The van der Waals surface area contributed by atoms with Crippen molar-refractivity contribution in [3.05, 3.63) is 75.6 Å².